The number of nitrogens with one attached hydrogen (secondary N) is 1. The van der Waals surface area contributed by atoms with Gasteiger partial charge in [-0.05, 0) is 38.8 Å². The smallest absolute Gasteiger partial charge is 0.407 e. The second kappa shape index (κ2) is 7.17. The van der Waals surface area contributed by atoms with Gasteiger partial charge in [-0.15, -0.1) is 0 Å². The molecule has 0 aliphatic carbocycles. The number of hydrogen-bond acceptors (Lipinski definition) is 5. The maximum Gasteiger partial charge on any atom is 0.407 e. The molecule has 1 aromatic rings. The zero-order valence-corrected chi connectivity index (χ0v) is 12.8. The van der Waals surface area contributed by atoms with E-state index in [0.29, 0.717) is 5.56 Å². The number of rotatable bonds is 5. The molecule has 0 spiro atoms. The van der Waals surface area contributed by atoms with E-state index >= 15 is 0 Å². The Hall–Kier alpha value is -2.22. The van der Waals surface area contributed by atoms with Crippen LogP contribution in [0, 0.1) is 15.9 Å². The summed E-state index contributed by atoms with van der Waals surface area (Å²) in [5.74, 6) is -0.921. The van der Waals surface area contributed by atoms with E-state index in [-0.39, 0.29) is 13.0 Å². The fraction of sp³-hybridized carbons (Fsp3) is 0.500. The molecule has 1 amide bonds. The van der Waals surface area contributed by atoms with E-state index in [1.807, 2.05) is 0 Å². The van der Waals surface area contributed by atoms with Crippen LogP contribution in [0.25, 0.3) is 0 Å². The molecule has 0 aliphatic heterocycles. The molecule has 22 heavy (non-hydrogen) atoms. The predicted octanol–water partition coefficient (Wildman–Crippen LogP) is 2.13. The number of carbonyl (C=O) groups is 1. The number of hydrogen-bond donors (Lipinski definition) is 2. The Kier molecular flexibility index (Phi) is 5.81. The Morgan fingerprint density at radius 3 is 2.59 bits per heavy atom. The number of carbonyl (C=O) groups excluding carboxylic acids is 1. The summed E-state index contributed by atoms with van der Waals surface area (Å²) < 4.78 is 18.7. The van der Waals surface area contributed by atoms with Gasteiger partial charge in [0.1, 0.15) is 5.60 Å². The second-order valence-electron chi connectivity index (χ2n) is 5.83. The molecule has 1 atom stereocenters. The van der Waals surface area contributed by atoms with Crippen molar-refractivity contribution in [3.63, 3.8) is 0 Å². The average molecular weight is 313 g/mol. The van der Waals surface area contributed by atoms with Gasteiger partial charge in [0.05, 0.1) is 4.92 Å². The summed E-state index contributed by atoms with van der Waals surface area (Å²) in [6.45, 7) is 5.32. The van der Waals surface area contributed by atoms with Gasteiger partial charge in [-0.25, -0.2) is 4.79 Å². The van der Waals surface area contributed by atoms with E-state index in [0.717, 1.165) is 12.1 Å². The predicted molar refractivity (Wildman–Crippen MR) is 79.0 cm³/mol. The summed E-state index contributed by atoms with van der Waals surface area (Å²) in [4.78, 5) is 21.4. The maximum atomic E-state index is 13.6. The van der Waals surface area contributed by atoms with Crippen molar-refractivity contribution in [1.29, 1.82) is 0 Å². The number of halogens is 1. The Balaban J connectivity index is 2.72. The maximum absolute atomic E-state index is 13.6. The lowest BCUT2D eigenvalue weighted by Gasteiger charge is -2.23. The lowest BCUT2D eigenvalue weighted by Crippen LogP contribution is -2.44. The Bertz CT molecular complexity index is 558. The number of nitro groups is 1. The molecule has 122 valence electrons. The van der Waals surface area contributed by atoms with Crippen LogP contribution in [-0.2, 0) is 11.2 Å². The largest absolute Gasteiger partial charge is 0.444 e. The lowest BCUT2D eigenvalue weighted by atomic mass is 10.1. The molecule has 0 heterocycles. The lowest BCUT2D eigenvalue weighted by molar-refractivity contribution is -0.387. The van der Waals surface area contributed by atoms with Gasteiger partial charge in [0.15, 0.2) is 0 Å². The molecule has 7 nitrogen and oxygen atoms in total. The monoisotopic (exact) mass is 313 g/mol. The molecular formula is C14H20FN3O4. The molecule has 8 heteroatoms. The van der Waals surface area contributed by atoms with Crippen LogP contribution in [0.15, 0.2) is 18.2 Å². The normalized spacial score (nSPS) is 12.6. The number of nitrogens with two attached hydrogens (primary N) is 1. The van der Waals surface area contributed by atoms with Gasteiger partial charge in [0.2, 0.25) is 5.82 Å². The molecule has 0 radical (unpaired) electrons. The molecule has 0 fully saturated rings. The van der Waals surface area contributed by atoms with Gasteiger partial charge in [-0.3, -0.25) is 10.1 Å². The van der Waals surface area contributed by atoms with Crippen LogP contribution in [-0.4, -0.2) is 29.2 Å². The van der Waals surface area contributed by atoms with Gasteiger partial charge < -0.3 is 15.8 Å². The van der Waals surface area contributed by atoms with Crippen molar-refractivity contribution in [3.8, 4) is 0 Å². The van der Waals surface area contributed by atoms with Crippen molar-refractivity contribution in [2.24, 2.45) is 5.73 Å². The standard InChI is InChI=1S/C14H20FN3O4/c1-14(2,3)22-13(19)17-10(8-16)6-9-4-5-12(18(20)21)11(15)7-9/h4-5,7,10H,6,8,16H2,1-3H3,(H,17,19). The van der Waals surface area contributed by atoms with Crippen molar-refractivity contribution < 1.29 is 18.8 Å². The SMILES string of the molecule is CC(C)(C)OC(=O)NC(CN)Cc1ccc([N+](=O)[O-])c(F)c1. The zero-order chi connectivity index (χ0) is 16.9. The van der Waals surface area contributed by atoms with E-state index in [9.17, 15) is 19.3 Å². The van der Waals surface area contributed by atoms with Crippen LogP contribution in [0.1, 0.15) is 26.3 Å². The summed E-state index contributed by atoms with van der Waals surface area (Å²) in [6.07, 6.45) is -0.379. The Morgan fingerprint density at radius 1 is 1.50 bits per heavy atom. The third-order valence-electron chi connectivity index (χ3n) is 2.70. The van der Waals surface area contributed by atoms with Gasteiger partial charge in [-0.1, -0.05) is 6.07 Å². The molecule has 1 rings (SSSR count). The van der Waals surface area contributed by atoms with Gasteiger partial charge in [0.25, 0.3) is 0 Å². The third kappa shape index (κ3) is 5.65. The highest BCUT2D eigenvalue weighted by Gasteiger charge is 2.20. The van der Waals surface area contributed by atoms with Gasteiger partial charge >= 0.3 is 11.8 Å². The van der Waals surface area contributed by atoms with Crippen molar-refractivity contribution >= 4 is 11.8 Å². The van der Waals surface area contributed by atoms with Crippen molar-refractivity contribution in [3.05, 3.63) is 39.7 Å². The molecule has 1 unspecified atom stereocenters. The van der Waals surface area contributed by atoms with E-state index in [1.54, 1.807) is 20.8 Å². The van der Waals surface area contributed by atoms with Crippen molar-refractivity contribution in [1.82, 2.24) is 5.32 Å². The molecule has 1 aromatic carbocycles. The minimum Gasteiger partial charge on any atom is -0.444 e. The first kappa shape index (κ1) is 17.8. The van der Waals surface area contributed by atoms with Gasteiger partial charge in [-0.2, -0.15) is 4.39 Å². The van der Waals surface area contributed by atoms with Crippen LogP contribution in [0.2, 0.25) is 0 Å². The number of benzene rings is 1. The Morgan fingerprint density at radius 2 is 2.14 bits per heavy atom. The number of alkyl carbamates (subject to hydrolysis) is 1. The first-order valence-electron chi connectivity index (χ1n) is 6.75. The summed E-state index contributed by atoms with van der Waals surface area (Å²) in [5.41, 5.74) is 4.85. The van der Waals surface area contributed by atoms with Crippen LogP contribution in [0.4, 0.5) is 14.9 Å². The molecule has 0 aliphatic rings. The average Bonchev–Trinajstić information content (AvgIpc) is 2.35. The number of amides is 1. The van der Waals surface area contributed by atoms with Crippen LogP contribution in [0.5, 0.6) is 0 Å². The number of nitro benzene ring substituents is 1. The van der Waals surface area contributed by atoms with E-state index in [1.165, 1.54) is 6.07 Å². The van der Waals surface area contributed by atoms with Crippen LogP contribution >= 0.6 is 0 Å². The molecular weight excluding hydrogens is 293 g/mol. The molecule has 0 saturated carbocycles. The van der Waals surface area contributed by atoms with E-state index < -0.39 is 34.2 Å². The first-order chi connectivity index (χ1) is 10.1. The topological polar surface area (TPSA) is 107 Å². The second-order valence-corrected chi connectivity index (χ2v) is 5.83. The van der Waals surface area contributed by atoms with Crippen molar-refractivity contribution in [2.45, 2.75) is 38.8 Å². The van der Waals surface area contributed by atoms with Crippen LogP contribution < -0.4 is 11.1 Å². The van der Waals surface area contributed by atoms with Gasteiger partial charge in [0, 0.05) is 18.7 Å². The van der Waals surface area contributed by atoms with Crippen LogP contribution in [0.3, 0.4) is 0 Å². The fourth-order valence-corrected chi connectivity index (χ4v) is 1.78. The fourth-order valence-electron chi connectivity index (χ4n) is 1.78. The molecule has 0 saturated heterocycles. The third-order valence-corrected chi connectivity index (χ3v) is 2.70. The minimum absolute atomic E-state index is 0.123. The minimum atomic E-state index is -0.921. The quantitative estimate of drug-likeness (QED) is 0.639. The summed E-state index contributed by atoms with van der Waals surface area (Å²) >= 11 is 0. The van der Waals surface area contributed by atoms with Crippen molar-refractivity contribution in [2.75, 3.05) is 6.54 Å². The summed E-state index contributed by atoms with van der Waals surface area (Å²) in [6, 6.07) is 3.12. The Labute approximate surface area is 127 Å². The highest BCUT2D eigenvalue weighted by atomic mass is 19.1. The zero-order valence-electron chi connectivity index (χ0n) is 12.8. The molecule has 0 bridgehead atoms. The number of ether oxygens (including phenoxy) is 1. The van der Waals surface area contributed by atoms with E-state index in [4.69, 9.17) is 10.5 Å². The number of nitrogens with zero attached hydrogens (tertiary/aromatic N) is 1. The van der Waals surface area contributed by atoms with E-state index in [2.05, 4.69) is 5.32 Å². The highest BCUT2D eigenvalue weighted by molar-refractivity contribution is 5.68. The summed E-state index contributed by atoms with van der Waals surface area (Å²) in [5, 5.41) is 13.1. The highest BCUT2D eigenvalue weighted by Crippen LogP contribution is 2.18. The summed E-state index contributed by atoms with van der Waals surface area (Å²) in [7, 11) is 0. The molecule has 3 N–H and O–H groups in total. The molecule has 0 aromatic heterocycles. The first-order valence-corrected chi connectivity index (χ1v) is 6.75.